The molecule has 0 amide bonds. The van der Waals surface area contributed by atoms with Gasteiger partial charge in [0.15, 0.2) is 11.6 Å². The largest absolute Gasteiger partial charge is 0.372 e. The minimum atomic E-state index is -0.457. The molecule has 4 aromatic rings. The van der Waals surface area contributed by atoms with Crippen molar-refractivity contribution in [2.75, 3.05) is 29.7 Å². The maximum Gasteiger partial charge on any atom is 0.293 e. The monoisotopic (exact) mass is 437 g/mol. The van der Waals surface area contributed by atoms with Gasteiger partial charge < -0.3 is 10.2 Å². The highest BCUT2D eigenvalue weighted by Crippen LogP contribution is 2.27. The van der Waals surface area contributed by atoms with Crippen LogP contribution in [0.3, 0.4) is 0 Å². The number of hydrogen-bond acceptors (Lipinski definition) is 11. The Labute approximate surface area is 179 Å². The van der Waals surface area contributed by atoms with E-state index in [1.165, 1.54) is 36.5 Å². The summed E-state index contributed by atoms with van der Waals surface area (Å²) in [6.45, 7) is 0. The number of nitrogens with zero attached hydrogens (tertiary/aromatic N) is 7. The Hall–Kier alpha value is -4.68. The highest BCUT2D eigenvalue weighted by atomic mass is 19.1. The molecule has 0 atom stereocenters. The number of benzene rings is 2. The highest BCUT2D eigenvalue weighted by Gasteiger charge is 2.16. The Bertz CT molecular complexity index is 1310. The van der Waals surface area contributed by atoms with Crippen LogP contribution in [0, 0.1) is 15.9 Å². The average molecular weight is 437 g/mol. The van der Waals surface area contributed by atoms with Crippen molar-refractivity contribution in [3.05, 3.63) is 64.0 Å². The summed E-state index contributed by atoms with van der Waals surface area (Å²) in [6.07, 6.45) is 1.40. The van der Waals surface area contributed by atoms with E-state index in [1.54, 1.807) is 31.1 Å². The minimum Gasteiger partial charge on any atom is -0.372 e. The zero-order chi connectivity index (χ0) is 22.7. The van der Waals surface area contributed by atoms with Gasteiger partial charge in [-0.25, -0.2) is 14.0 Å². The predicted octanol–water partition coefficient (Wildman–Crippen LogP) is 3.32. The number of fused-ring (bicyclic) bond motifs is 1. The van der Waals surface area contributed by atoms with Crippen molar-refractivity contribution < 1.29 is 13.9 Å². The summed E-state index contributed by atoms with van der Waals surface area (Å²) >= 11 is 0. The Kier molecular flexibility index (Phi) is 5.53. The van der Waals surface area contributed by atoms with Crippen molar-refractivity contribution in [3.8, 4) is 0 Å². The molecular formula is C19H16FN9O3. The number of nitro benzene ring substituents is 1. The quantitative estimate of drug-likeness (QED) is 0.251. The molecule has 2 aromatic heterocycles. The second-order valence-corrected chi connectivity index (χ2v) is 6.73. The second kappa shape index (κ2) is 8.59. The molecule has 2 heterocycles. The van der Waals surface area contributed by atoms with Crippen molar-refractivity contribution in [2.45, 2.75) is 0 Å². The smallest absolute Gasteiger partial charge is 0.293 e. The van der Waals surface area contributed by atoms with Gasteiger partial charge in [0.2, 0.25) is 11.3 Å². The summed E-state index contributed by atoms with van der Waals surface area (Å²) in [6, 6.07) is 10.4. The Balaban J connectivity index is 1.61. The van der Waals surface area contributed by atoms with Gasteiger partial charge in [0.05, 0.1) is 11.1 Å². The molecule has 0 spiro atoms. The third kappa shape index (κ3) is 4.40. The summed E-state index contributed by atoms with van der Waals surface area (Å²) in [7, 11) is 3.45. The van der Waals surface area contributed by atoms with Crippen molar-refractivity contribution in [2.24, 2.45) is 5.10 Å². The van der Waals surface area contributed by atoms with Crippen LogP contribution < -0.4 is 15.6 Å². The number of hydrazone groups is 1. The van der Waals surface area contributed by atoms with Gasteiger partial charge in [-0.1, -0.05) is 6.07 Å². The molecule has 0 unspecified atom stereocenters. The molecule has 2 aromatic carbocycles. The molecule has 12 nitrogen and oxygen atoms in total. The average Bonchev–Trinajstić information content (AvgIpc) is 3.22. The first-order valence-corrected chi connectivity index (χ1v) is 9.18. The summed E-state index contributed by atoms with van der Waals surface area (Å²) in [5.74, 6) is 0.0502. The van der Waals surface area contributed by atoms with Crippen LogP contribution in [-0.2, 0) is 0 Å². The van der Waals surface area contributed by atoms with E-state index in [9.17, 15) is 14.5 Å². The van der Waals surface area contributed by atoms with E-state index in [4.69, 9.17) is 0 Å². The van der Waals surface area contributed by atoms with Gasteiger partial charge in [-0.3, -0.25) is 15.5 Å². The zero-order valence-corrected chi connectivity index (χ0v) is 16.9. The van der Waals surface area contributed by atoms with Crippen LogP contribution in [0.1, 0.15) is 5.56 Å². The molecule has 13 heteroatoms. The van der Waals surface area contributed by atoms with E-state index < -0.39 is 4.92 Å². The maximum absolute atomic E-state index is 13.2. The molecule has 0 bridgehead atoms. The van der Waals surface area contributed by atoms with E-state index in [0.717, 1.165) is 0 Å². The fourth-order valence-electron chi connectivity index (χ4n) is 2.79. The van der Waals surface area contributed by atoms with Gasteiger partial charge in [0, 0.05) is 31.4 Å². The van der Waals surface area contributed by atoms with Crippen LogP contribution in [0.25, 0.3) is 11.3 Å². The van der Waals surface area contributed by atoms with Crippen LogP contribution in [0.5, 0.6) is 0 Å². The molecule has 0 aliphatic heterocycles. The van der Waals surface area contributed by atoms with Crippen molar-refractivity contribution in [1.29, 1.82) is 0 Å². The molecular weight excluding hydrogens is 421 g/mol. The molecule has 2 N–H and O–H groups in total. The fraction of sp³-hybridized carbons (Fsp3) is 0.105. The van der Waals surface area contributed by atoms with Crippen molar-refractivity contribution in [1.82, 2.24) is 20.3 Å². The third-order valence-corrected chi connectivity index (χ3v) is 4.28. The SMILES string of the molecule is CN(C)c1ccc(/C=N\Nc2nc3nonc3nc2Nc2ccc(F)cc2)cc1[N+](=O)[O-]. The van der Waals surface area contributed by atoms with Crippen LogP contribution in [0.15, 0.2) is 52.2 Å². The lowest BCUT2D eigenvalue weighted by atomic mass is 10.2. The van der Waals surface area contributed by atoms with E-state index >= 15 is 0 Å². The van der Waals surface area contributed by atoms with E-state index in [2.05, 4.69) is 40.8 Å². The highest BCUT2D eigenvalue weighted by molar-refractivity contribution is 5.84. The molecule has 0 fully saturated rings. The first-order chi connectivity index (χ1) is 15.4. The standard InChI is InChI=1S/C19H16FN9O3/c1-28(2)14-8-3-11(9-15(14)29(30)31)10-21-25-17-16(22-13-6-4-12(20)5-7-13)23-18-19(24-17)27-32-26-18/h3-10H,1-2H3,(H,22,23,26)(H,24,25,27)/b21-10-. The minimum absolute atomic E-state index is 0.0486. The first kappa shape index (κ1) is 20.6. The number of anilines is 4. The Morgan fingerprint density at radius 3 is 2.44 bits per heavy atom. The number of hydrogen-bond donors (Lipinski definition) is 2. The van der Waals surface area contributed by atoms with Crippen LogP contribution in [0.2, 0.25) is 0 Å². The van der Waals surface area contributed by atoms with Gasteiger partial charge >= 0.3 is 0 Å². The Morgan fingerprint density at radius 2 is 1.78 bits per heavy atom. The maximum atomic E-state index is 13.2. The lowest BCUT2D eigenvalue weighted by Crippen LogP contribution is -2.11. The summed E-state index contributed by atoms with van der Waals surface area (Å²) < 4.78 is 17.8. The third-order valence-electron chi connectivity index (χ3n) is 4.28. The van der Waals surface area contributed by atoms with Gasteiger partial charge in [-0.05, 0) is 40.6 Å². The fourth-order valence-corrected chi connectivity index (χ4v) is 2.79. The van der Waals surface area contributed by atoms with Crippen LogP contribution in [-0.4, -0.2) is 45.5 Å². The molecule has 0 aliphatic rings. The number of nitro groups is 1. The van der Waals surface area contributed by atoms with Crippen LogP contribution in [0.4, 0.5) is 33.1 Å². The Morgan fingerprint density at radius 1 is 1.09 bits per heavy atom. The van der Waals surface area contributed by atoms with E-state index in [-0.39, 0.29) is 34.4 Å². The van der Waals surface area contributed by atoms with Gasteiger partial charge in [0.1, 0.15) is 11.5 Å². The van der Waals surface area contributed by atoms with E-state index in [1.807, 2.05) is 0 Å². The molecule has 4 rings (SSSR count). The lowest BCUT2D eigenvalue weighted by molar-refractivity contribution is -0.384. The topological polar surface area (TPSA) is 148 Å². The predicted molar refractivity (Wildman–Crippen MR) is 116 cm³/mol. The van der Waals surface area contributed by atoms with Crippen molar-refractivity contribution in [3.63, 3.8) is 0 Å². The molecule has 0 aliphatic carbocycles. The van der Waals surface area contributed by atoms with Gasteiger partial charge in [0.25, 0.3) is 5.69 Å². The summed E-state index contributed by atoms with van der Waals surface area (Å²) in [4.78, 5) is 21.1. The zero-order valence-electron chi connectivity index (χ0n) is 16.9. The number of rotatable bonds is 7. The molecule has 0 saturated heterocycles. The molecule has 162 valence electrons. The first-order valence-electron chi connectivity index (χ1n) is 9.18. The van der Waals surface area contributed by atoms with Crippen molar-refractivity contribution >= 4 is 46.2 Å². The number of nitrogens with one attached hydrogen (secondary N) is 2. The number of aromatic nitrogens is 4. The summed E-state index contributed by atoms with van der Waals surface area (Å²) in [5, 5.41) is 25.8. The second-order valence-electron chi connectivity index (χ2n) is 6.73. The molecule has 0 saturated carbocycles. The molecule has 32 heavy (non-hydrogen) atoms. The van der Waals surface area contributed by atoms with Crippen LogP contribution >= 0.6 is 0 Å². The number of halogens is 1. The summed E-state index contributed by atoms with van der Waals surface area (Å²) in [5.41, 5.74) is 4.53. The molecule has 0 radical (unpaired) electrons. The lowest BCUT2D eigenvalue weighted by Gasteiger charge is -2.12. The normalized spacial score (nSPS) is 11.1. The van der Waals surface area contributed by atoms with E-state index in [0.29, 0.717) is 16.9 Å². The van der Waals surface area contributed by atoms with Gasteiger partial charge in [-0.15, -0.1) is 0 Å². The van der Waals surface area contributed by atoms with Gasteiger partial charge in [-0.2, -0.15) is 10.1 Å².